The second kappa shape index (κ2) is 9.99. The minimum atomic E-state index is 0.144. The van der Waals surface area contributed by atoms with Crippen LogP contribution in [0.5, 0.6) is 5.75 Å². The number of fused-ring (bicyclic) bond motifs is 1. The van der Waals surface area contributed by atoms with Crippen LogP contribution in [0.15, 0.2) is 35.2 Å². The third kappa shape index (κ3) is 4.52. The molecule has 3 aromatic heterocycles. The molecule has 0 saturated carbocycles. The maximum Gasteiger partial charge on any atom is 0.231 e. The van der Waals surface area contributed by atoms with Crippen LogP contribution in [0.1, 0.15) is 12.8 Å². The zero-order valence-corrected chi connectivity index (χ0v) is 20.0. The van der Waals surface area contributed by atoms with E-state index in [0.717, 1.165) is 68.1 Å². The molecule has 2 fully saturated rings. The number of methoxy groups -OCH3 is 1. The van der Waals surface area contributed by atoms with Crippen molar-refractivity contribution in [2.75, 3.05) is 62.1 Å². The maximum atomic E-state index is 5.79. The monoisotopic (exact) mass is 492 g/mol. The van der Waals surface area contributed by atoms with E-state index in [1.54, 1.807) is 19.6 Å². The Labute approximate surface area is 207 Å². The van der Waals surface area contributed by atoms with Gasteiger partial charge in [-0.3, -0.25) is 5.10 Å². The molecule has 12 nitrogen and oxygen atoms in total. The van der Waals surface area contributed by atoms with Crippen molar-refractivity contribution in [1.82, 2.24) is 25.3 Å². The van der Waals surface area contributed by atoms with Gasteiger partial charge in [0.15, 0.2) is 5.65 Å². The van der Waals surface area contributed by atoms with E-state index in [9.17, 15) is 0 Å². The van der Waals surface area contributed by atoms with Gasteiger partial charge in [0.1, 0.15) is 23.5 Å². The molecule has 1 atom stereocenters. The van der Waals surface area contributed by atoms with Gasteiger partial charge in [0.05, 0.1) is 49.3 Å². The van der Waals surface area contributed by atoms with Crippen molar-refractivity contribution >= 4 is 34.2 Å². The van der Waals surface area contributed by atoms with Crippen LogP contribution in [0.2, 0.25) is 0 Å². The largest absolute Gasteiger partial charge is 0.494 e. The molecule has 188 valence electrons. The van der Waals surface area contributed by atoms with Crippen molar-refractivity contribution in [3.8, 4) is 17.0 Å². The lowest BCUT2D eigenvalue weighted by molar-refractivity contribution is 0.120. The summed E-state index contributed by atoms with van der Waals surface area (Å²) in [5, 5.41) is 18.8. The van der Waals surface area contributed by atoms with Gasteiger partial charge >= 0.3 is 0 Å². The molecule has 3 N–H and O–H groups in total. The van der Waals surface area contributed by atoms with E-state index >= 15 is 0 Å². The van der Waals surface area contributed by atoms with Crippen LogP contribution in [0.4, 0.5) is 23.1 Å². The standard InChI is InChI=1S/C24H28N8O4/c1-33-19-11-16(32-6-9-34-10-7-32)4-5-18(19)27-24-28-22(25-13-17-3-2-8-35-17)20-21(15-12-26-36-14-15)30-31-23(20)29-24/h4-5,11-12,14,17H,2-3,6-10,13H2,1H3,(H3,25,27,28,29,30,31). The molecule has 4 aromatic rings. The molecular formula is C24H28N8O4. The molecule has 0 aliphatic carbocycles. The molecular weight excluding hydrogens is 464 g/mol. The molecule has 2 saturated heterocycles. The fourth-order valence-electron chi connectivity index (χ4n) is 4.58. The molecule has 0 radical (unpaired) electrons. The van der Waals surface area contributed by atoms with E-state index in [-0.39, 0.29) is 6.10 Å². The lowest BCUT2D eigenvalue weighted by atomic mass is 10.2. The Kier molecular flexibility index (Phi) is 6.26. The molecule has 2 aliphatic heterocycles. The third-order valence-electron chi connectivity index (χ3n) is 6.45. The summed E-state index contributed by atoms with van der Waals surface area (Å²) in [6.45, 7) is 4.57. The van der Waals surface area contributed by atoms with Crippen LogP contribution in [0.3, 0.4) is 0 Å². The smallest absolute Gasteiger partial charge is 0.231 e. The predicted molar refractivity (Wildman–Crippen MR) is 134 cm³/mol. The van der Waals surface area contributed by atoms with Crippen molar-refractivity contribution in [2.24, 2.45) is 0 Å². The van der Waals surface area contributed by atoms with Crippen LogP contribution < -0.4 is 20.3 Å². The Hall–Kier alpha value is -3.90. The average Bonchev–Trinajstić information content (AvgIpc) is 3.70. The number of rotatable bonds is 8. The minimum Gasteiger partial charge on any atom is -0.494 e. The molecule has 0 spiro atoms. The lowest BCUT2D eigenvalue weighted by Gasteiger charge is -2.29. The highest BCUT2D eigenvalue weighted by Gasteiger charge is 2.21. The summed E-state index contributed by atoms with van der Waals surface area (Å²) in [6, 6.07) is 6.06. The second-order valence-corrected chi connectivity index (χ2v) is 8.73. The number of hydrogen-bond donors (Lipinski definition) is 3. The number of aromatic amines is 1. The van der Waals surface area contributed by atoms with E-state index in [2.05, 4.69) is 41.9 Å². The van der Waals surface area contributed by atoms with Crippen molar-refractivity contribution < 1.29 is 18.7 Å². The van der Waals surface area contributed by atoms with E-state index in [4.69, 9.17) is 23.7 Å². The van der Waals surface area contributed by atoms with Gasteiger partial charge in [0, 0.05) is 38.0 Å². The molecule has 5 heterocycles. The summed E-state index contributed by atoms with van der Waals surface area (Å²) < 4.78 is 22.0. The highest BCUT2D eigenvalue weighted by Crippen LogP contribution is 2.35. The number of nitrogens with zero attached hydrogens (tertiary/aromatic N) is 5. The van der Waals surface area contributed by atoms with Crippen LogP contribution in [0.25, 0.3) is 22.3 Å². The minimum absolute atomic E-state index is 0.144. The first-order valence-corrected chi connectivity index (χ1v) is 12.1. The number of morpholine rings is 1. The molecule has 36 heavy (non-hydrogen) atoms. The summed E-state index contributed by atoms with van der Waals surface area (Å²) >= 11 is 0. The Morgan fingerprint density at radius 2 is 2.11 bits per heavy atom. The van der Waals surface area contributed by atoms with Crippen LogP contribution in [-0.2, 0) is 9.47 Å². The highest BCUT2D eigenvalue weighted by molar-refractivity contribution is 5.99. The van der Waals surface area contributed by atoms with Gasteiger partial charge in [-0.05, 0) is 25.0 Å². The normalized spacial score (nSPS) is 18.0. The summed E-state index contributed by atoms with van der Waals surface area (Å²) in [5.41, 5.74) is 3.84. The fraction of sp³-hybridized carbons (Fsp3) is 0.417. The predicted octanol–water partition coefficient (Wildman–Crippen LogP) is 3.19. The lowest BCUT2D eigenvalue weighted by Crippen LogP contribution is -2.36. The number of benzene rings is 1. The van der Waals surface area contributed by atoms with E-state index in [0.29, 0.717) is 35.4 Å². The van der Waals surface area contributed by atoms with Gasteiger partial charge in [0.2, 0.25) is 5.95 Å². The van der Waals surface area contributed by atoms with Gasteiger partial charge in [0.25, 0.3) is 0 Å². The first-order chi connectivity index (χ1) is 17.8. The van der Waals surface area contributed by atoms with Gasteiger partial charge in [-0.1, -0.05) is 5.16 Å². The quantitative estimate of drug-likeness (QED) is 0.335. The summed E-state index contributed by atoms with van der Waals surface area (Å²) in [6.07, 6.45) is 5.39. The van der Waals surface area contributed by atoms with Crippen LogP contribution >= 0.6 is 0 Å². The Morgan fingerprint density at radius 1 is 1.19 bits per heavy atom. The number of anilines is 4. The zero-order chi connectivity index (χ0) is 24.3. The van der Waals surface area contributed by atoms with Gasteiger partial charge < -0.3 is 34.3 Å². The van der Waals surface area contributed by atoms with Crippen molar-refractivity contribution in [3.05, 3.63) is 30.7 Å². The van der Waals surface area contributed by atoms with Crippen molar-refractivity contribution in [3.63, 3.8) is 0 Å². The Balaban J connectivity index is 1.32. The first kappa shape index (κ1) is 22.6. The summed E-state index contributed by atoms with van der Waals surface area (Å²) in [7, 11) is 1.66. The van der Waals surface area contributed by atoms with Crippen LogP contribution in [0, 0.1) is 0 Å². The van der Waals surface area contributed by atoms with E-state index in [1.807, 2.05) is 12.1 Å². The van der Waals surface area contributed by atoms with Gasteiger partial charge in [-0.15, -0.1) is 0 Å². The fourth-order valence-corrected chi connectivity index (χ4v) is 4.58. The van der Waals surface area contributed by atoms with E-state index in [1.165, 1.54) is 0 Å². The molecule has 1 unspecified atom stereocenters. The average molecular weight is 493 g/mol. The molecule has 1 aromatic carbocycles. The second-order valence-electron chi connectivity index (χ2n) is 8.73. The maximum absolute atomic E-state index is 5.79. The number of aromatic nitrogens is 5. The molecule has 2 aliphatic rings. The molecule has 0 bridgehead atoms. The Bertz CT molecular complexity index is 1310. The molecule has 0 amide bonds. The van der Waals surface area contributed by atoms with E-state index < -0.39 is 0 Å². The number of hydrogen-bond acceptors (Lipinski definition) is 11. The highest BCUT2D eigenvalue weighted by atomic mass is 16.5. The number of nitrogens with one attached hydrogen (secondary N) is 3. The van der Waals surface area contributed by atoms with Crippen LogP contribution in [-0.4, -0.2) is 78.0 Å². The van der Waals surface area contributed by atoms with Crippen molar-refractivity contribution in [1.29, 1.82) is 0 Å². The molecule has 12 heteroatoms. The summed E-state index contributed by atoms with van der Waals surface area (Å²) in [4.78, 5) is 11.8. The SMILES string of the molecule is COc1cc(N2CCOCC2)ccc1Nc1nc(NCC2CCCO2)c2c(-c3cnoc3)n[nH]c2n1. The zero-order valence-electron chi connectivity index (χ0n) is 20.0. The number of H-pyrrole nitrogens is 1. The Morgan fingerprint density at radius 3 is 2.89 bits per heavy atom. The van der Waals surface area contributed by atoms with Crippen molar-refractivity contribution in [2.45, 2.75) is 18.9 Å². The summed E-state index contributed by atoms with van der Waals surface area (Å²) in [5.74, 6) is 1.76. The third-order valence-corrected chi connectivity index (χ3v) is 6.45. The number of ether oxygens (including phenoxy) is 3. The van der Waals surface area contributed by atoms with Gasteiger partial charge in [-0.2, -0.15) is 15.1 Å². The molecule has 6 rings (SSSR count). The topological polar surface area (TPSA) is 135 Å². The first-order valence-electron chi connectivity index (χ1n) is 12.1. The van der Waals surface area contributed by atoms with Gasteiger partial charge in [-0.25, -0.2) is 0 Å².